The van der Waals surface area contributed by atoms with Crippen molar-refractivity contribution in [3.05, 3.63) is 58.9 Å². The summed E-state index contributed by atoms with van der Waals surface area (Å²) in [5.74, 6) is -2.95. The van der Waals surface area contributed by atoms with E-state index in [-0.39, 0.29) is 41.8 Å². The molecule has 4 rings (SSSR count). The lowest BCUT2D eigenvalue weighted by Gasteiger charge is -2.29. The number of amides is 4. The van der Waals surface area contributed by atoms with E-state index in [0.717, 1.165) is 18.2 Å². The first-order valence-corrected chi connectivity index (χ1v) is 10.3. The van der Waals surface area contributed by atoms with Gasteiger partial charge in [0.25, 0.3) is 5.91 Å². The molecule has 13 heteroatoms. The van der Waals surface area contributed by atoms with Gasteiger partial charge in [-0.15, -0.1) is 13.2 Å². The molecule has 184 valence electrons. The van der Waals surface area contributed by atoms with E-state index in [1.54, 1.807) is 0 Å². The number of nitrogens with zero attached hydrogens (tertiary/aromatic N) is 1. The number of benzene rings is 2. The van der Waals surface area contributed by atoms with E-state index < -0.39 is 54.4 Å². The van der Waals surface area contributed by atoms with Crippen molar-refractivity contribution in [3.8, 4) is 5.75 Å². The number of carbonyl (C=O) groups is 4. The average Bonchev–Trinajstić information content (AvgIpc) is 3.08. The Morgan fingerprint density at radius 2 is 1.94 bits per heavy atom. The van der Waals surface area contributed by atoms with Crippen LogP contribution in [0.1, 0.15) is 34.3 Å². The number of anilines is 1. The van der Waals surface area contributed by atoms with E-state index in [1.807, 2.05) is 0 Å². The van der Waals surface area contributed by atoms with Gasteiger partial charge in [-0.3, -0.25) is 25.0 Å². The van der Waals surface area contributed by atoms with E-state index in [4.69, 9.17) is 4.74 Å². The quantitative estimate of drug-likeness (QED) is 0.487. The van der Waals surface area contributed by atoms with Crippen molar-refractivity contribution >= 4 is 29.5 Å². The highest BCUT2D eigenvalue weighted by atomic mass is 19.4. The van der Waals surface area contributed by atoms with Crippen LogP contribution >= 0.6 is 0 Å². The summed E-state index contributed by atoms with van der Waals surface area (Å²) >= 11 is 0. The number of nitrogens with one attached hydrogen (secondary N) is 2. The van der Waals surface area contributed by atoms with Crippen LogP contribution in [-0.2, 0) is 27.5 Å². The summed E-state index contributed by atoms with van der Waals surface area (Å²) in [6.45, 7) is -0.593. The Labute approximate surface area is 195 Å². The monoisotopic (exact) mass is 495 g/mol. The van der Waals surface area contributed by atoms with E-state index >= 15 is 0 Å². The Kier molecular flexibility index (Phi) is 6.33. The molecule has 4 amide bonds. The number of halogens is 4. The molecule has 2 aromatic carbocycles. The number of carbonyl (C=O) groups excluding carboxylic acids is 4. The van der Waals surface area contributed by atoms with Gasteiger partial charge in [-0.2, -0.15) is 0 Å². The SMILES string of the molecule is O=C1CCC(N2Cc3c(F)cc(COC(=O)Nc4cccc(OC(F)(F)F)c4)cc3C2=O)C(=O)N1. The van der Waals surface area contributed by atoms with Crippen LogP contribution in [0, 0.1) is 5.82 Å². The summed E-state index contributed by atoms with van der Waals surface area (Å²) in [7, 11) is 0. The first-order valence-electron chi connectivity index (χ1n) is 10.3. The molecule has 2 heterocycles. The molecule has 9 nitrogen and oxygen atoms in total. The third kappa shape index (κ3) is 5.50. The Morgan fingerprint density at radius 3 is 2.66 bits per heavy atom. The zero-order valence-corrected chi connectivity index (χ0v) is 17.8. The summed E-state index contributed by atoms with van der Waals surface area (Å²) in [5, 5.41) is 4.38. The maximum Gasteiger partial charge on any atom is 0.573 e. The summed E-state index contributed by atoms with van der Waals surface area (Å²) in [6.07, 6.45) is -5.76. The normalized spacial score (nSPS) is 17.7. The number of piperidine rings is 1. The van der Waals surface area contributed by atoms with Crippen LogP contribution in [0.25, 0.3) is 0 Å². The molecule has 1 fully saturated rings. The maximum absolute atomic E-state index is 14.7. The van der Waals surface area contributed by atoms with Crippen molar-refractivity contribution in [2.24, 2.45) is 0 Å². The van der Waals surface area contributed by atoms with Gasteiger partial charge < -0.3 is 14.4 Å². The van der Waals surface area contributed by atoms with Crippen molar-refractivity contribution in [2.75, 3.05) is 5.32 Å². The van der Waals surface area contributed by atoms with Crippen LogP contribution in [0.15, 0.2) is 36.4 Å². The Balaban J connectivity index is 1.40. The fourth-order valence-electron chi connectivity index (χ4n) is 3.83. The second kappa shape index (κ2) is 9.24. The average molecular weight is 495 g/mol. The van der Waals surface area contributed by atoms with Gasteiger partial charge in [0.2, 0.25) is 11.8 Å². The summed E-state index contributed by atoms with van der Waals surface area (Å²) in [4.78, 5) is 49.5. The lowest BCUT2D eigenvalue weighted by molar-refractivity contribution is -0.274. The third-order valence-electron chi connectivity index (χ3n) is 5.35. The summed E-state index contributed by atoms with van der Waals surface area (Å²) in [5.41, 5.74) is 0.191. The van der Waals surface area contributed by atoms with Gasteiger partial charge in [0.15, 0.2) is 0 Å². The minimum atomic E-state index is -4.90. The van der Waals surface area contributed by atoms with Crippen molar-refractivity contribution in [2.45, 2.75) is 38.4 Å². The standard InChI is InChI=1S/C22H17F4N3O6/c23-16-7-11(10-34-21(33)27-12-2-1-3-13(8-12)35-22(24,25)26)6-14-15(16)9-29(20(14)32)17-4-5-18(30)28-19(17)31/h1-3,6-8,17H,4-5,9-10H2,(H,27,33)(H,28,30,31). The predicted molar refractivity (Wildman–Crippen MR) is 109 cm³/mol. The van der Waals surface area contributed by atoms with Crippen LogP contribution in [0.4, 0.5) is 28.0 Å². The second-order valence-electron chi connectivity index (χ2n) is 7.78. The number of hydrogen-bond acceptors (Lipinski definition) is 6. The third-order valence-corrected chi connectivity index (χ3v) is 5.35. The number of hydrogen-bond donors (Lipinski definition) is 2. The number of imide groups is 1. The van der Waals surface area contributed by atoms with Gasteiger partial charge in [0.05, 0.1) is 6.54 Å². The molecule has 35 heavy (non-hydrogen) atoms. The molecule has 1 atom stereocenters. The van der Waals surface area contributed by atoms with Crippen LogP contribution in [-0.4, -0.2) is 41.1 Å². The van der Waals surface area contributed by atoms with Crippen molar-refractivity contribution in [1.29, 1.82) is 0 Å². The molecule has 0 aromatic heterocycles. The van der Waals surface area contributed by atoms with Crippen molar-refractivity contribution < 1.29 is 46.2 Å². The first-order chi connectivity index (χ1) is 16.5. The second-order valence-corrected chi connectivity index (χ2v) is 7.78. The molecule has 0 bridgehead atoms. The fourth-order valence-corrected chi connectivity index (χ4v) is 3.83. The lowest BCUT2D eigenvalue weighted by Crippen LogP contribution is -2.52. The molecule has 2 aliphatic heterocycles. The molecular weight excluding hydrogens is 478 g/mol. The Bertz CT molecular complexity index is 1220. The van der Waals surface area contributed by atoms with Gasteiger partial charge in [0, 0.05) is 29.3 Å². The topological polar surface area (TPSA) is 114 Å². The molecule has 1 saturated heterocycles. The number of ether oxygens (including phenoxy) is 2. The van der Waals surface area contributed by atoms with Gasteiger partial charge in [-0.1, -0.05) is 6.07 Å². The molecule has 0 aliphatic carbocycles. The highest BCUT2D eigenvalue weighted by Gasteiger charge is 2.40. The van der Waals surface area contributed by atoms with Crippen LogP contribution in [0.5, 0.6) is 5.75 Å². The molecule has 2 aliphatic rings. The molecular formula is C22H17F4N3O6. The maximum atomic E-state index is 14.7. The van der Waals surface area contributed by atoms with Crippen LogP contribution < -0.4 is 15.4 Å². The highest BCUT2D eigenvalue weighted by molar-refractivity contribution is 6.05. The zero-order chi connectivity index (χ0) is 25.3. The van der Waals surface area contributed by atoms with Gasteiger partial charge >= 0.3 is 12.5 Å². The zero-order valence-electron chi connectivity index (χ0n) is 17.8. The molecule has 0 saturated carbocycles. The molecule has 2 aromatic rings. The minimum absolute atomic E-state index is 0.00529. The highest BCUT2D eigenvalue weighted by Crippen LogP contribution is 2.31. The Hall–Kier alpha value is -4.16. The number of fused-ring (bicyclic) bond motifs is 1. The first kappa shape index (κ1) is 24.0. The van der Waals surface area contributed by atoms with Gasteiger partial charge in [-0.05, 0) is 36.2 Å². The van der Waals surface area contributed by atoms with Crippen LogP contribution in [0.2, 0.25) is 0 Å². The molecule has 0 radical (unpaired) electrons. The smallest absolute Gasteiger partial charge is 0.444 e. The van der Waals surface area contributed by atoms with Crippen LogP contribution in [0.3, 0.4) is 0 Å². The molecule has 2 N–H and O–H groups in total. The molecule has 1 unspecified atom stereocenters. The predicted octanol–water partition coefficient (Wildman–Crippen LogP) is 3.23. The van der Waals surface area contributed by atoms with E-state index in [2.05, 4.69) is 15.4 Å². The van der Waals surface area contributed by atoms with Gasteiger partial charge in [-0.25, -0.2) is 9.18 Å². The summed E-state index contributed by atoms with van der Waals surface area (Å²) < 4.78 is 60.5. The minimum Gasteiger partial charge on any atom is -0.444 e. The fraction of sp³-hybridized carbons (Fsp3) is 0.273. The number of alkyl halides is 3. The van der Waals surface area contributed by atoms with Crippen molar-refractivity contribution in [1.82, 2.24) is 10.2 Å². The number of rotatable bonds is 5. The summed E-state index contributed by atoms with van der Waals surface area (Å²) in [6, 6.07) is 6.02. The van der Waals surface area contributed by atoms with E-state index in [9.17, 15) is 36.7 Å². The van der Waals surface area contributed by atoms with E-state index in [0.29, 0.717) is 0 Å². The van der Waals surface area contributed by atoms with Crippen molar-refractivity contribution in [3.63, 3.8) is 0 Å². The Morgan fingerprint density at radius 1 is 1.17 bits per heavy atom. The molecule has 0 spiro atoms. The van der Waals surface area contributed by atoms with E-state index in [1.165, 1.54) is 23.1 Å². The largest absolute Gasteiger partial charge is 0.573 e. The van der Waals surface area contributed by atoms with Gasteiger partial charge in [0.1, 0.15) is 24.2 Å². The lowest BCUT2D eigenvalue weighted by atomic mass is 10.0.